The highest BCUT2D eigenvalue weighted by molar-refractivity contribution is 4.88. The second kappa shape index (κ2) is 4.28. The van der Waals surface area contributed by atoms with Crippen molar-refractivity contribution in [1.82, 2.24) is 15.0 Å². The molecular formula is C10H18N4O. The van der Waals surface area contributed by atoms with Crippen molar-refractivity contribution in [2.45, 2.75) is 45.3 Å². The molecule has 0 aliphatic carbocycles. The van der Waals surface area contributed by atoms with E-state index in [2.05, 4.69) is 22.0 Å². The third kappa shape index (κ3) is 2.54. The summed E-state index contributed by atoms with van der Waals surface area (Å²) in [6.45, 7) is 5.80. The molecule has 0 bridgehead atoms. The van der Waals surface area contributed by atoms with Gasteiger partial charge in [-0.05, 0) is 19.8 Å². The van der Waals surface area contributed by atoms with Gasteiger partial charge in [0, 0.05) is 25.6 Å². The molecule has 0 spiro atoms. The summed E-state index contributed by atoms with van der Waals surface area (Å²) < 4.78 is 4.95. The summed E-state index contributed by atoms with van der Waals surface area (Å²) in [5, 5.41) is 3.90. The maximum atomic E-state index is 5.91. The Labute approximate surface area is 89.6 Å². The van der Waals surface area contributed by atoms with Gasteiger partial charge >= 0.3 is 0 Å². The molecule has 2 unspecified atom stereocenters. The number of hydrogen-bond donors (Lipinski definition) is 1. The average Bonchev–Trinajstić information content (AvgIpc) is 2.56. The van der Waals surface area contributed by atoms with E-state index < -0.39 is 0 Å². The van der Waals surface area contributed by atoms with E-state index in [1.165, 1.54) is 0 Å². The third-order valence-corrected chi connectivity index (χ3v) is 2.97. The summed E-state index contributed by atoms with van der Waals surface area (Å²) >= 11 is 0. The highest BCUT2D eigenvalue weighted by Crippen LogP contribution is 2.17. The van der Waals surface area contributed by atoms with Gasteiger partial charge in [-0.15, -0.1) is 0 Å². The molecule has 5 nitrogen and oxygen atoms in total. The molecule has 1 saturated heterocycles. The van der Waals surface area contributed by atoms with E-state index in [1.54, 1.807) is 0 Å². The highest BCUT2D eigenvalue weighted by Gasteiger charge is 2.24. The Hall–Kier alpha value is -0.940. The maximum Gasteiger partial charge on any atom is 0.223 e. The number of nitrogens with zero attached hydrogens (tertiary/aromatic N) is 3. The van der Waals surface area contributed by atoms with Gasteiger partial charge in [0.2, 0.25) is 5.89 Å². The lowest BCUT2D eigenvalue weighted by atomic mass is 9.99. The van der Waals surface area contributed by atoms with Gasteiger partial charge < -0.3 is 10.3 Å². The van der Waals surface area contributed by atoms with Crippen LogP contribution in [-0.2, 0) is 6.54 Å². The lowest BCUT2D eigenvalue weighted by Crippen LogP contribution is -2.45. The molecule has 2 atom stereocenters. The Balaban J connectivity index is 1.94. The molecule has 1 aromatic heterocycles. The molecule has 2 heterocycles. The Kier molecular flexibility index (Phi) is 3.02. The first-order valence-corrected chi connectivity index (χ1v) is 5.44. The van der Waals surface area contributed by atoms with Crippen LogP contribution in [0.1, 0.15) is 31.5 Å². The number of aromatic nitrogens is 2. The van der Waals surface area contributed by atoms with Gasteiger partial charge in [0.25, 0.3) is 0 Å². The summed E-state index contributed by atoms with van der Waals surface area (Å²) in [4.78, 5) is 6.56. The molecule has 1 aliphatic rings. The van der Waals surface area contributed by atoms with Crippen molar-refractivity contribution in [2.24, 2.45) is 5.73 Å². The summed E-state index contributed by atoms with van der Waals surface area (Å²) in [6, 6.07) is 0.857. The Morgan fingerprint density at radius 1 is 1.60 bits per heavy atom. The van der Waals surface area contributed by atoms with Crippen molar-refractivity contribution >= 4 is 0 Å². The van der Waals surface area contributed by atoms with Crippen molar-refractivity contribution in [3.63, 3.8) is 0 Å². The van der Waals surface area contributed by atoms with E-state index in [1.807, 2.05) is 6.92 Å². The van der Waals surface area contributed by atoms with E-state index in [9.17, 15) is 0 Å². The smallest absolute Gasteiger partial charge is 0.223 e. The van der Waals surface area contributed by atoms with E-state index in [-0.39, 0.29) is 0 Å². The van der Waals surface area contributed by atoms with Crippen molar-refractivity contribution in [3.05, 3.63) is 11.7 Å². The van der Waals surface area contributed by atoms with Crippen LogP contribution in [0.2, 0.25) is 0 Å². The van der Waals surface area contributed by atoms with Crippen molar-refractivity contribution in [3.8, 4) is 0 Å². The van der Waals surface area contributed by atoms with E-state index in [4.69, 9.17) is 10.3 Å². The van der Waals surface area contributed by atoms with E-state index in [0.717, 1.165) is 31.8 Å². The lowest BCUT2D eigenvalue weighted by molar-refractivity contribution is 0.135. The van der Waals surface area contributed by atoms with Gasteiger partial charge in [-0.1, -0.05) is 5.16 Å². The van der Waals surface area contributed by atoms with Crippen LogP contribution >= 0.6 is 0 Å². The molecule has 1 aromatic rings. The Bertz CT molecular complexity index is 325. The van der Waals surface area contributed by atoms with Crippen LogP contribution in [0.25, 0.3) is 0 Å². The molecule has 15 heavy (non-hydrogen) atoms. The van der Waals surface area contributed by atoms with Crippen LogP contribution in [0.3, 0.4) is 0 Å². The van der Waals surface area contributed by atoms with Crippen LogP contribution in [0.5, 0.6) is 0 Å². The number of hydrogen-bond acceptors (Lipinski definition) is 5. The largest absolute Gasteiger partial charge is 0.340 e. The zero-order valence-electron chi connectivity index (χ0n) is 9.31. The predicted molar refractivity (Wildman–Crippen MR) is 56.1 cm³/mol. The summed E-state index contributed by atoms with van der Waals surface area (Å²) in [6.07, 6.45) is 2.11. The molecule has 2 rings (SSSR count). The molecule has 0 radical (unpaired) electrons. The molecular weight excluding hydrogens is 192 g/mol. The quantitative estimate of drug-likeness (QED) is 0.777. The van der Waals surface area contributed by atoms with Crippen LogP contribution in [0, 0.1) is 6.92 Å². The number of nitrogens with two attached hydrogens (primary N) is 1. The summed E-state index contributed by atoms with van der Waals surface area (Å²) in [5.41, 5.74) is 5.91. The monoisotopic (exact) mass is 210 g/mol. The average molecular weight is 210 g/mol. The lowest BCUT2D eigenvalue weighted by Gasteiger charge is -2.35. The minimum atomic E-state index is 0.350. The minimum Gasteiger partial charge on any atom is -0.340 e. The van der Waals surface area contributed by atoms with Gasteiger partial charge in [0.15, 0.2) is 5.82 Å². The van der Waals surface area contributed by atoms with Gasteiger partial charge in [0.05, 0.1) is 6.54 Å². The topological polar surface area (TPSA) is 68.2 Å². The maximum absolute atomic E-state index is 5.91. The number of piperidine rings is 1. The summed E-state index contributed by atoms with van der Waals surface area (Å²) in [5.74, 6) is 1.40. The van der Waals surface area contributed by atoms with Crippen LogP contribution in [0.4, 0.5) is 0 Å². The van der Waals surface area contributed by atoms with Crippen molar-refractivity contribution in [1.29, 1.82) is 0 Å². The first-order chi connectivity index (χ1) is 7.15. The number of rotatable bonds is 2. The molecule has 5 heteroatoms. The molecule has 84 valence electrons. The molecule has 1 fully saturated rings. The fraction of sp³-hybridized carbons (Fsp3) is 0.800. The fourth-order valence-corrected chi connectivity index (χ4v) is 2.08. The normalized spacial score (nSPS) is 28.2. The predicted octanol–water partition coefficient (Wildman–Crippen LogP) is 0.690. The first-order valence-electron chi connectivity index (χ1n) is 5.44. The Morgan fingerprint density at radius 2 is 2.40 bits per heavy atom. The molecule has 0 amide bonds. The van der Waals surface area contributed by atoms with Crippen molar-refractivity contribution in [2.75, 3.05) is 6.54 Å². The number of aryl methyl sites for hydroxylation is 1. The zero-order valence-corrected chi connectivity index (χ0v) is 9.31. The van der Waals surface area contributed by atoms with Gasteiger partial charge in [-0.3, -0.25) is 4.90 Å². The standard InChI is InChI=1S/C10H18N4O/c1-7-5-9(11)3-4-14(7)6-10-12-8(2)15-13-10/h7,9H,3-6,11H2,1-2H3. The molecule has 2 N–H and O–H groups in total. The van der Waals surface area contributed by atoms with Crippen molar-refractivity contribution < 1.29 is 4.52 Å². The molecule has 0 saturated carbocycles. The van der Waals surface area contributed by atoms with Crippen LogP contribution < -0.4 is 5.73 Å². The van der Waals surface area contributed by atoms with Gasteiger partial charge in [0.1, 0.15) is 0 Å². The van der Waals surface area contributed by atoms with Crippen LogP contribution in [-0.4, -0.2) is 33.7 Å². The van der Waals surface area contributed by atoms with Crippen LogP contribution in [0.15, 0.2) is 4.52 Å². The summed E-state index contributed by atoms with van der Waals surface area (Å²) in [7, 11) is 0. The second-order valence-electron chi connectivity index (χ2n) is 4.33. The minimum absolute atomic E-state index is 0.350. The highest BCUT2D eigenvalue weighted by atomic mass is 16.5. The van der Waals surface area contributed by atoms with Gasteiger partial charge in [-0.2, -0.15) is 4.98 Å². The van der Waals surface area contributed by atoms with Gasteiger partial charge in [-0.25, -0.2) is 0 Å². The van der Waals surface area contributed by atoms with E-state index in [0.29, 0.717) is 18.0 Å². The zero-order chi connectivity index (χ0) is 10.8. The molecule has 1 aliphatic heterocycles. The first kappa shape index (κ1) is 10.6. The molecule has 0 aromatic carbocycles. The number of likely N-dealkylation sites (tertiary alicyclic amines) is 1. The third-order valence-electron chi connectivity index (χ3n) is 2.97. The fourth-order valence-electron chi connectivity index (χ4n) is 2.08. The van der Waals surface area contributed by atoms with E-state index >= 15 is 0 Å². The second-order valence-corrected chi connectivity index (χ2v) is 4.33. The SMILES string of the molecule is Cc1nc(CN2CCC(N)CC2C)no1. The Morgan fingerprint density at radius 3 is 3.00 bits per heavy atom.